The third-order valence-corrected chi connectivity index (χ3v) is 5.05. The van der Waals surface area contributed by atoms with Gasteiger partial charge in [0.1, 0.15) is 11.6 Å². The van der Waals surface area contributed by atoms with E-state index < -0.39 is 0 Å². The van der Waals surface area contributed by atoms with Crippen LogP contribution in [-0.4, -0.2) is 25.1 Å². The number of nitrogens with zero attached hydrogens (tertiary/aromatic N) is 5. The van der Waals surface area contributed by atoms with Crippen LogP contribution in [0.15, 0.2) is 91.4 Å². The Morgan fingerprint density at radius 3 is 2.27 bits per heavy atom. The van der Waals surface area contributed by atoms with Gasteiger partial charge in [-0.1, -0.05) is 17.7 Å². The molecule has 0 saturated carbocycles. The van der Waals surface area contributed by atoms with Gasteiger partial charge in [0.2, 0.25) is 11.8 Å². The molecule has 5 rings (SSSR count). The number of H-pyrrole nitrogens is 1. The number of ether oxygens (including phenoxy) is 1. The molecule has 8 heteroatoms. The molecule has 0 unspecified atom stereocenters. The van der Waals surface area contributed by atoms with Crippen LogP contribution in [0.4, 0.5) is 23.1 Å². The van der Waals surface area contributed by atoms with Crippen LogP contribution in [0.2, 0.25) is 0 Å². The summed E-state index contributed by atoms with van der Waals surface area (Å²) in [6.07, 6.45) is 5.02. The molecule has 0 atom stereocenters. The van der Waals surface area contributed by atoms with Gasteiger partial charge in [0.15, 0.2) is 0 Å². The molecule has 5 aromatic rings. The first-order chi connectivity index (χ1) is 16.2. The van der Waals surface area contributed by atoms with Crippen molar-refractivity contribution in [1.82, 2.24) is 25.1 Å². The van der Waals surface area contributed by atoms with E-state index in [4.69, 9.17) is 10.5 Å². The number of nitrogen functional groups attached to an aromatic ring is 1. The van der Waals surface area contributed by atoms with Crippen molar-refractivity contribution in [3.63, 3.8) is 0 Å². The minimum Gasteiger partial charge on any atom is -0.438 e. The molecular formula is C25H21N7O. The number of aromatic nitrogens is 5. The Morgan fingerprint density at radius 2 is 1.58 bits per heavy atom. The molecule has 0 aliphatic carbocycles. The van der Waals surface area contributed by atoms with Gasteiger partial charge in [0, 0.05) is 29.8 Å². The fourth-order valence-corrected chi connectivity index (χ4v) is 3.46. The Bertz CT molecular complexity index is 1350. The number of rotatable bonds is 6. The average molecular weight is 435 g/mol. The normalized spacial score (nSPS) is 10.7. The van der Waals surface area contributed by atoms with Crippen LogP contribution in [0.1, 0.15) is 5.56 Å². The van der Waals surface area contributed by atoms with E-state index >= 15 is 0 Å². The maximum atomic E-state index is 6.10. The molecule has 0 aliphatic heterocycles. The molecule has 3 N–H and O–H groups in total. The lowest BCUT2D eigenvalue weighted by Crippen LogP contribution is -2.10. The number of hydrogen-bond donors (Lipinski definition) is 2. The highest BCUT2D eigenvalue weighted by Crippen LogP contribution is 2.35. The summed E-state index contributed by atoms with van der Waals surface area (Å²) in [4.78, 5) is 14.7. The highest BCUT2D eigenvalue weighted by molar-refractivity contribution is 5.74. The van der Waals surface area contributed by atoms with E-state index in [2.05, 4.69) is 61.2 Å². The zero-order chi connectivity index (χ0) is 22.6. The Kier molecular flexibility index (Phi) is 5.38. The summed E-state index contributed by atoms with van der Waals surface area (Å²) in [6, 6.07) is 23.5. The van der Waals surface area contributed by atoms with Gasteiger partial charge in [-0.15, -0.1) is 0 Å². The van der Waals surface area contributed by atoms with E-state index in [9.17, 15) is 0 Å². The molecule has 2 aromatic carbocycles. The fourth-order valence-electron chi connectivity index (χ4n) is 3.46. The molecule has 0 bridgehead atoms. The van der Waals surface area contributed by atoms with Gasteiger partial charge in [0.25, 0.3) is 0 Å². The monoisotopic (exact) mass is 435 g/mol. The minimum atomic E-state index is 0.196. The van der Waals surface area contributed by atoms with Gasteiger partial charge >= 0.3 is 0 Å². The van der Waals surface area contributed by atoms with Gasteiger partial charge in [0.05, 0.1) is 17.5 Å². The highest BCUT2D eigenvalue weighted by Gasteiger charge is 2.15. The van der Waals surface area contributed by atoms with Crippen molar-refractivity contribution in [1.29, 1.82) is 0 Å². The van der Waals surface area contributed by atoms with Gasteiger partial charge in [-0.05, 0) is 61.5 Å². The smallest absolute Gasteiger partial charge is 0.228 e. The quantitative estimate of drug-likeness (QED) is 0.367. The van der Waals surface area contributed by atoms with Crippen LogP contribution < -0.4 is 15.4 Å². The summed E-state index contributed by atoms with van der Waals surface area (Å²) in [5.41, 5.74) is 10.3. The molecule has 0 spiro atoms. The number of aryl methyl sites for hydroxylation is 1. The minimum absolute atomic E-state index is 0.196. The summed E-state index contributed by atoms with van der Waals surface area (Å²) < 4.78 is 6.10. The highest BCUT2D eigenvalue weighted by atomic mass is 16.5. The first kappa shape index (κ1) is 20.2. The number of nitrogens with one attached hydrogen (secondary N) is 1. The third-order valence-electron chi connectivity index (χ3n) is 5.05. The van der Waals surface area contributed by atoms with Crippen molar-refractivity contribution < 1.29 is 4.74 Å². The van der Waals surface area contributed by atoms with Gasteiger partial charge in [-0.3, -0.25) is 10.00 Å². The van der Waals surface area contributed by atoms with E-state index in [0.717, 1.165) is 22.8 Å². The van der Waals surface area contributed by atoms with E-state index in [1.165, 1.54) is 5.56 Å². The second-order valence-corrected chi connectivity index (χ2v) is 7.36. The van der Waals surface area contributed by atoms with Crippen molar-refractivity contribution in [3.8, 4) is 22.9 Å². The van der Waals surface area contributed by atoms with Crippen molar-refractivity contribution in [2.24, 2.45) is 0 Å². The van der Waals surface area contributed by atoms with E-state index in [1.807, 2.05) is 42.5 Å². The second kappa shape index (κ2) is 8.80. The predicted octanol–water partition coefficient (Wildman–Crippen LogP) is 5.41. The summed E-state index contributed by atoms with van der Waals surface area (Å²) in [7, 11) is 0. The maximum absolute atomic E-state index is 6.10. The largest absolute Gasteiger partial charge is 0.438 e. The lowest BCUT2D eigenvalue weighted by molar-refractivity contribution is 0.465. The van der Waals surface area contributed by atoms with Gasteiger partial charge < -0.3 is 10.5 Å². The molecular weight excluding hydrogens is 414 g/mol. The van der Waals surface area contributed by atoms with Crippen LogP contribution in [0.5, 0.6) is 11.6 Å². The number of aromatic amines is 1. The molecule has 0 aliphatic rings. The number of nitrogens with two attached hydrogens (primary N) is 1. The lowest BCUT2D eigenvalue weighted by atomic mass is 10.2. The molecule has 0 saturated heterocycles. The summed E-state index contributed by atoms with van der Waals surface area (Å²) in [5, 5.41) is 7.16. The topological polar surface area (TPSA) is 106 Å². The Hall–Kier alpha value is -4.72. The van der Waals surface area contributed by atoms with E-state index in [-0.39, 0.29) is 5.95 Å². The molecule has 33 heavy (non-hydrogen) atoms. The van der Waals surface area contributed by atoms with Crippen molar-refractivity contribution in [2.75, 3.05) is 10.6 Å². The molecule has 0 radical (unpaired) electrons. The van der Waals surface area contributed by atoms with Crippen LogP contribution >= 0.6 is 0 Å². The maximum Gasteiger partial charge on any atom is 0.228 e. The van der Waals surface area contributed by atoms with Crippen molar-refractivity contribution in [2.45, 2.75) is 6.92 Å². The average Bonchev–Trinajstić information content (AvgIpc) is 3.36. The zero-order valence-corrected chi connectivity index (χ0v) is 17.9. The van der Waals surface area contributed by atoms with Crippen molar-refractivity contribution >= 4 is 23.1 Å². The van der Waals surface area contributed by atoms with Crippen LogP contribution in [-0.2, 0) is 0 Å². The molecule has 0 fully saturated rings. The number of hydrogen-bond acceptors (Lipinski definition) is 7. The predicted molar refractivity (Wildman–Crippen MR) is 128 cm³/mol. The third kappa shape index (κ3) is 4.35. The Labute approximate surface area is 190 Å². The van der Waals surface area contributed by atoms with Gasteiger partial charge in [-0.25, -0.2) is 15.0 Å². The first-order valence-corrected chi connectivity index (χ1v) is 10.4. The van der Waals surface area contributed by atoms with Crippen LogP contribution in [0.25, 0.3) is 11.3 Å². The lowest BCUT2D eigenvalue weighted by Gasteiger charge is -2.23. The standard InChI is InChI=1S/C25H21N7O/c1-17-4-6-18(7-5-17)32(23-13-16-29-31-23)19-8-10-20(11-9-19)33-24-21(3-2-14-27-24)22-12-15-28-25(26)30-22/h2-16H,1H3,(H,29,31)(H2,26,28,30). The van der Waals surface area contributed by atoms with E-state index in [1.54, 1.807) is 24.7 Å². The summed E-state index contributed by atoms with van der Waals surface area (Å²) in [6.45, 7) is 2.07. The molecule has 8 nitrogen and oxygen atoms in total. The van der Waals surface area contributed by atoms with Gasteiger partial charge in [-0.2, -0.15) is 5.10 Å². The molecule has 0 amide bonds. The second-order valence-electron chi connectivity index (χ2n) is 7.36. The van der Waals surface area contributed by atoms with Crippen molar-refractivity contribution in [3.05, 3.63) is 97.0 Å². The molecule has 3 heterocycles. The summed E-state index contributed by atoms with van der Waals surface area (Å²) >= 11 is 0. The fraction of sp³-hybridized carbons (Fsp3) is 0.0400. The Balaban J connectivity index is 1.45. The molecule has 3 aromatic heterocycles. The summed E-state index contributed by atoms with van der Waals surface area (Å²) in [5.74, 6) is 2.14. The molecule has 162 valence electrons. The Morgan fingerprint density at radius 1 is 0.818 bits per heavy atom. The van der Waals surface area contributed by atoms with Crippen LogP contribution in [0, 0.1) is 6.92 Å². The number of benzene rings is 2. The SMILES string of the molecule is Cc1ccc(N(c2ccc(Oc3ncccc3-c3ccnc(N)n3)cc2)c2ccn[nH]2)cc1. The zero-order valence-electron chi connectivity index (χ0n) is 17.9. The number of pyridine rings is 1. The van der Waals surface area contributed by atoms with Crippen LogP contribution in [0.3, 0.4) is 0 Å². The number of anilines is 4. The van der Waals surface area contributed by atoms with E-state index in [0.29, 0.717) is 17.3 Å². The first-order valence-electron chi connectivity index (χ1n) is 10.4.